The fourth-order valence-corrected chi connectivity index (χ4v) is 10.8. The largest absolute Gasteiger partial charge is 0.456 e. The van der Waals surface area contributed by atoms with E-state index < -0.39 is 77.8 Å². The van der Waals surface area contributed by atoms with Crippen molar-refractivity contribution >= 4 is 35.1 Å². The maximum atomic E-state index is 14.5. The highest BCUT2D eigenvalue weighted by Crippen LogP contribution is 2.39. The van der Waals surface area contributed by atoms with E-state index in [0.29, 0.717) is 82.6 Å². The van der Waals surface area contributed by atoms with Crippen LogP contribution in [0.4, 0.5) is 0 Å². The van der Waals surface area contributed by atoms with E-state index in [-0.39, 0.29) is 73.9 Å². The molecule has 14 atom stereocenters. The van der Waals surface area contributed by atoms with Gasteiger partial charge < -0.3 is 49.3 Å². The van der Waals surface area contributed by atoms with Gasteiger partial charge in [-0.2, -0.15) is 0 Å². The lowest BCUT2D eigenvalue weighted by Crippen LogP contribution is -2.64. The molecule has 69 heavy (non-hydrogen) atoms. The van der Waals surface area contributed by atoms with Crippen molar-refractivity contribution in [3.8, 4) is 0 Å². The number of hydrogen-bond donors (Lipinski definition) is 3. The number of primary amides is 1. The summed E-state index contributed by atoms with van der Waals surface area (Å²) in [6.45, 7) is 13.1. The first-order valence-electron chi connectivity index (χ1n) is 25.4. The Balaban J connectivity index is 1.63. The molecule has 0 aromatic carbocycles. The molecule has 3 fully saturated rings. The molecule has 2 bridgehead atoms. The molecule has 0 spiro atoms. The van der Waals surface area contributed by atoms with Gasteiger partial charge in [0.15, 0.2) is 5.78 Å². The number of nitrogens with zero attached hydrogens (tertiary/aromatic N) is 1. The lowest BCUT2D eigenvalue weighted by atomic mass is 9.81. The predicted octanol–water partition coefficient (Wildman–Crippen LogP) is 6.06. The van der Waals surface area contributed by atoms with Gasteiger partial charge in [0, 0.05) is 64.9 Å². The molecule has 4 N–H and O–H groups in total. The second kappa shape index (κ2) is 27.8. The summed E-state index contributed by atoms with van der Waals surface area (Å²) < 4.78 is 36.4. The number of unbranched alkanes of at least 4 members (excludes halogenated alkanes) is 3. The summed E-state index contributed by atoms with van der Waals surface area (Å²) in [7, 11) is 4.65. The molecule has 1 saturated carbocycles. The van der Waals surface area contributed by atoms with Gasteiger partial charge in [-0.25, -0.2) is 4.79 Å². The normalized spacial score (nSPS) is 35.8. The molecule has 4 aliphatic rings. The topological polar surface area (TPSA) is 228 Å². The standard InChI is InChI=1S/C53H84N2O14/c1-10-17-38-25-32(2)24-33(3)26-45(65-8)49-46(66-9)28-35(5)53(63,69-49)50(60)51(61)55-23-16-15-19-40(55)52(62)68-48(36(6)41(57)30-42(38)58)34(4)27-37-21-22-43(44(29-37)64-7)67-31-39(56)18-13-11-12-14-20-47(54)59/h10,25,27,33,35-38,40-41,43-46,48-49,57,63H,1,11-24,26,28-31H2,2-9H3,(H2,54,59)/b32-25+,34-27+/t33-,35+,36+,37-,38+,40-,41-,43+,44+,45-,46-,48+,49+,53+/m0/s1. The number of aliphatic hydroxyl groups excluding tert-OH is 1. The average Bonchev–Trinajstić information content (AvgIpc) is 3.32. The monoisotopic (exact) mass is 973 g/mol. The number of ether oxygens (including phenoxy) is 6. The van der Waals surface area contributed by atoms with Crippen LogP contribution in [-0.2, 0) is 57.2 Å². The van der Waals surface area contributed by atoms with Gasteiger partial charge in [-0.15, -0.1) is 6.58 Å². The molecular formula is C53H84N2O14. The Morgan fingerprint density at radius 2 is 1.57 bits per heavy atom. The molecule has 0 unspecified atom stereocenters. The van der Waals surface area contributed by atoms with Gasteiger partial charge in [-0.05, 0) is 108 Å². The van der Waals surface area contributed by atoms with Gasteiger partial charge in [-0.3, -0.25) is 24.0 Å². The van der Waals surface area contributed by atoms with Crippen LogP contribution in [0.25, 0.3) is 0 Å². The van der Waals surface area contributed by atoms with Gasteiger partial charge in [0.1, 0.15) is 30.6 Å². The van der Waals surface area contributed by atoms with Gasteiger partial charge >= 0.3 is 5.97 Å². The summed E-state index contributed by atoms with van der Waals surface area (Å²) in [6, 6.07) is -1.18. The Hall–Kier alpha value is -3.64. The van der Waals surface area contributed by atoms with Crippen LogP contribution in [0.15, 0.2) is 36.0 Å². The Morgan fingerprint density at radius 1 is 0.899 bits per heavy atom. The zero-order valence-electron chi connectivity index (χ0n) is 42.7. The van der Waals surface area contributed by atoms with Crippen LogP contribution in [0.3, 0.4) is 0 Å². The number of amides is 2. The molecule has 0 aromatic heterocycles. The van der Waals surface area contributed by atoms with Crippen LogP contribution in [0, 0.1) is 29.6 Å². The zero-order valence-corrected chi connectivity index (χ0v) is 42.7. The van der Waals surface area contributed by atoms with Crippen LogP contribution in [-0.4, -0.2) is 139 Å². The number of allylic oxidation sites excluding steroid dienone is 4. The summed E-state index contributed by atoms with van der Waals surface area (Å²) >= 11 is 0. The Bertz CT molecular complexity index is 1820. The van der Waals surface area contributed by atoms with E-state index in [1.54, 1.807) is 27.0 Å². The van der Waals surface area contributed by atoms with E-state index in [4.69, 9.17) is 34.2 Å². The van der Waals surface area contributed by atoms with Crippen LogP contribution in [0.5, 0.6) is 0 Å². The first-order valence-corrected chi connectivity index (χ1v) is 25.4. The summed E-state index contributed by atoms with van der Waals surface area (Å²) in [5, 5.41) is 24.0. The highest BCUT2D eigenvalue weighted by molar-refractivity contribution is 6.39. The first-order chi connectivity index (χ1) is 32.8. The van der Waals surface area contributed by atoms with E-state index in [2.05, 4.69) is 6.58 Å². The second-order valence-electron chi connectivity index (χ2n) is 20.5. The van der Waals surface area contributed by atoms with E-state index in [0.717, 1.165) is 18.4 Å². The van der Waals surface area contributed by atoms with E-state index >= 15 is 0 Å². The third-order valence-electron chi connectivity index (χ3n) is 14.9. The predicted molar refractivity (Wildman–Crippen MR) is 258 cm³/mol. The quantitative estimate of drug-likeness (QED) is 0.0652. The summed E-state index contributed by atoms with van der Waals surface area (Å²) in [5.74, 6) is -8.34. The number of rotatable bonds is 17. The molecule has 390 valence electrons. The summed E-state index contributed by atoms with van der Waals surface area (Å²) in [4.78, 5) is 82.2. The van der Waals surface area contributed by atoms with Crippen molar-refractivity contribution in [2.75, 3.05) is 34.5 Å². The Labute approximate surface area is 410 Å². The number of aliphatic hydroxyl groups is 2. The van der Waals surface area contributed by atoms with Gasteiger partial charge in [0.25, 0.3) is 11.7 Å². The molecule has 4 rings (SSSR count). The Kier molecular flexibility index (Phi) is 23.4. The minimum absolute atomic E-state index is 0.00101. The van der Waals surface area contributed by atoms with Gasteiger partial charge in [0.05, 0.1) is 30.5 Å². The molecular weight excluding hydrogens is 889 g/mol. The van der Waals surface area contributed by atoms with Gasteiger partial charge in [-0.1, -0.05) is 57.4 Å². The van der Waals surface area contributed by atoms with Crippen molar-refractivity contribution in [3.63, 3.8) is 0 Å². The third kappa shape index (κ3) is 16.2. The number of piperidine rings is 1. The molecule has 0 radical (unpaired) electrons. The lowest BCUT2D eigenvalue weighted by molar-refractivity contribution is -0.302. The summed E-state index contributed by atoms with van der Waals surface area (Å²) in [5.41, 5.74) is 6.79. The minimum Gasteiger partial charge on any atom is -0.456 e. The fourth-order valence-electron chi connectivity index (χ4n) is 10.8. The van der Waals surface area contributed by atoms with Crippen LogP contribution >= 0.6 is 0 Å². The summed E-state index contributed by atoms with van der Waals surface area (Å²) in [6.07, 6.45) is 8.80. The molecule has 16 heteroatoms. The third-order valence-corrected chi connectivity index (χ3v) is 14.9. The lowest BCUT2D eigenvalue weighted by Gasteiger charge is -2.47. The maximum absolute atomic E-state index is 14.5. The molecule has 3 heterocycles. The number of Topliss-reactive ketones (excluding diaryl/α,β-unsaturated/α-hetero) is 3. The van der Waals surface area contributed by atoms with Crippen LogP contribution < -0.4 is 5.73 Å². The van der Waals surface area contributed by atoms with Crippen molar-refractivity contribution in [2.45, 2.75) is 198 Å². The number of nitrogens with two attached hydrogens (primary N) is 1. The highest BCUT2D eigenvalue weighted by atomic mass is 16.7. The van der Waals surface area contributed by atoms with Crippen molar-refractivity contribution in [2.24, 2.45) is 35.3 Å². The maximum Gasteiger partial charge on any atom is 0.329 e. The van der Waals surface area contributed by atoms with E-state index in [9.17, 15) is 39.0 Å². The number of carbonyl (C=O) groups is 6. The van der Waals surface area contributed by atoms with Crippen LogP contribution in [0.2, 0.25) is 0 Å². The number of carbonyl (C=O) groups excluding carboxylic acids is 6. The number of esters is 1. The average molecular weight is 973 g/mol. The fraction of sp³-hybridized carbons (Fsp3) is 0.774. The molecule has 3 aliphatic heterocycles. The molecule has 2 saturated heterocycles. The zero-order chi connectivity index (χ0) is 51.0. The van der Waals surface area contributed by atoms with E-state index in [1.807, 2.05) is 32.9 Å². The van der Waals surface area contributed by atoms with Crippen molar-refractivity contribution in [1.29, 1.82) is 0 Å². The van der Waals surface area contributed by atoms with Crippen molar-refractivity contribution in [3.05, 3.63) is 36.0 Å². The van der Waals surface area contributed by atoms with Crippen molar-refractivity contribution < 1.29 is 67.4 Å². The number of cyclic esters (lactones) is 1. The molecule has 16 nitrogen and oxygen atoms in total. The van der Waals surface area contributed by atoms with Crippen molar-refractivity contribution in [1.82, 2.24) is 4.90 Å². The molecule has 0 aromatic rings. The SMILES string of the molecule is C=CC[C@@H]1/C=C(\C)C[C@H](C)C[C@H](OC)[C@H]2O[C@@](O)(C(=O)C(=O)N3CCCC[C@H]3C(=O)O[C@H](/C(C)=C/[C@@H]3CC[C@@H](OCC(=O)CCCCCCC(N)=O)[C@H](OC)C3)[C@H](C)[C@@H](O)CC1=O)[C@H](C)C[C@@H]2OC. The van der Waals surface area contributed by atoms with Crippen LogP contribution in [0.1, 0.15) is 144 Å². The highest BCUT2D eigenvalue weighted by Gasteiger charge is 2.56. The number of ketones is 3. The van der Waals surface area contributed by atoms with Gasteiger partial charge in [0.2, 0.25) is 11.7 Å². The molecule has 2 amide bonds. The number of fused-ring (bicyclic) bond motifs is 3. The molecule has 1 aliphatic carbocycles. The smallest absolute Gasteiger partial charge is 0.329 e. The Morgan fingerprint density at radius 3 is 2.22 bits per heavy atom. The first kappa shape index (κ1) is 57.9. The second-order valence-corrected chi connectivity index (χ2v) is 20.5. The number of methoxy groups -OCH3 is 3. The minimum atomic E-state index is -2.54. The number of hydrogen-bond acceptors (Lipinski definition) is 14. The van der Waals surface area contributed by atoms with E-state index in [1.165, 1.54) is 19.1 Å².